The first kappa shape index (κ1) is 7.92. The van der Waals surface area contributed by atoms with Crippen molar-refractivity contribution in [1.82, 2.24) is 11.5 Å². The molecule has 0 rings (SSSR count). The van der Waals surface area contributed by atoms with E-state index in [0.29, 0.717) is 0 Å². The van der Waals surface area contributed by atoms with Gasteiger partial charge in [-0.2, -0.15) is 0 Å². The van der Waals surface area contributed by atoms with Gasteiger partial charge >= 0.3 is 0 Å². The van der Waals surface area contributed by atoms with Crippen LogP contribution in [0.1, 0.15) is 25.7 Å². The smallest absolute Gasteiger partial charge is 0.0321 e. The van der Waals surface area contributed by atoms with Crippen molar-refractivity contribution >= 4 is 0 Å². The molecular weight excluding hydrogens is 100 g/mol. The molecule has 4 radical (unpaired) electrons. The van der Waals surface area contributed by atoms with E-state index in [0.717, 1.165) is 25.7 Å². The molecule has 0 bridgehead atoms. The molecule has 0 unspecified atom stereocenters. The summed E-state index contributed by atoms with van der Waals surface area (Å²) in [6.45, 7) is 0.566. The van der Waals surface area contributed by atoms with Gasteiger partial charge < -0.3 is 0 Å². The first-order valence-corrected chi connectivity index (χ1v) is 3.13. The molecule has 0 aliphatic carbocycles. The largest absolute Gasteiger partial charge is 0.145 e. The minimum Gasteiger partial charge on any atom is -0.145 e. The summed E-state index contributed by atoms with van der Waals surface area (Å²) < 4.78 is 0. The van der Waals surface area contributed by atoms with Crippen LogP contribution in [-0.2, 0) is 0 Å². The average Bonchev–Trinajstić information content (AvgIpc) is 1.81. The maximum Gasteiger partial charge on any atom is 0.0321 e. The fraction of sp³-hybridized carbons (Fsp3) is 1.00. The van der Waals surface area contributed by atoms with E-state index in [1.807, 2.05) is 0 Å². The molecule has 0 aromatic carbocycles. The maximum atomic E-state index is 8.30. The Kier molecular flexibility index (Phi) is 6.85. The molecule has 0 heterocycles. The summed E-state index contributed by atoms with van der Waals surface area (Å²) in [6, 6.07) is 0. The molecule has 0 spiro atoms. The molecular formula is C6H12N2. The monoisotopic (exact) mass is 112 g/mol. The Balaban J connectivity index is 2.53. The van der Waals surface area contributed by atoms with Gasteiger partial charge in [0, 0.05) is 13.1 Å². The van der Waals surface area contributed by atoms with Crippen LogP contribution >= 0.6 is 0 Å². The van der Waals surface area contributed by atoms with Gasteiger partial charge in [0.05, 0.1) is 0 Å². The number of hydrogen-bond donors (Lipinski definition) is 0. The quantitative estimate of drug-likeness (QED) is 0.469. The van der Waals surface area contributed by atoms with E-state index in [9.17, 15) is 0 Å². The van der Waals surface area contributed by atoms with Crippen LogP contribution in [-0.4, -0.2) is 13.1 Å². The average molecular weight is 112 g/mol. The minimum absolute atomic E-state index is 0.283. The summed E-state index contributed by atoms with van der Waals surface area (Å²) in [5, 5.41) is 0. The van der Waals surface area contributed by atoms with Gasteiger partial charge in [0.25, 0.3) is 0 Å². The number of hydrogen-bond acceptors (Lipinski definition) is 0. The summed E-state index contributed by atoms with van der Waals surface area (Å²) >= 11 is 0. The number of unbranched alkanes of at least 4 members (excludes halogenated alkanes) is 3. The van der Waals surface area contributed by atoms with Crippen molar-refractivity contribution in [2.24, 2.45) is 0 Å². The molecule has 0 fully saturated rings. The van der Waals surface area contributed by atoms with E-state index in [4.69, 9.17) is 11.5 Å². The lowest BCUT2D eigenvalue weighted by atomic mass is 10.2. The normalized spacial score (nSPS) is 9.75. The fourth-order valence-corrected chi connectivity index (χ4v) is 0.577. The van der Waals surface area contributed by atoms with Crippen LogP contribution in [0.4, 0.5) is 0 Å². The highest BCUT2D eigenvalue weighted by Crippen LogP contribution is 1.96. The molecule has 8 heavy (non-hydrogen) atoms. The maximum absolute atomic E-state index is 8.30. The summed E-state index contributed by atoms with van der Waals surface area (Å²) in [4.78, 5) is 0. The molecule has 0 aliphatic heterocycles. The summed E-state index contributed by atoms with van der Waals surface area (Å²) in [5.74, 6) is 0. The first-order valence-electron chi connectivity index (χ1n) is 3.13. The van der Waals surface area contributed by atoms with Crippen LogP contribution in [0.2, 0.25) is 0 Å². The predicted molar refractivity (Wildman–Crippen MR) is 32.5 cm³/mol. The molecule has 0 atom stereocenters. The standard InChI is InChI=1S/C6H12N2/c7-5-3-1-2-4-6-8/h1-6H2. The van der Waals surface area contributed by atoms with Crippen molar-refractivity contribution < 1.29 is 0 Å². The molecule has 2 nitrogen and oxygen atoms in total. The molecule has 0 N–H and O–H groups in total. The van der Waals surface area contributed by atoms with Crippen LogP contribution in [0.25, 0.3) is 0 Å². The SMILES string of the molecule is [N]CCCCCC[N]. The Morgan fingerprint density at radius 2 is 1.00 bits per heavy atom. The topological polar surface area (TPSA) is 44.6 Å². The van der Waals surface area contributed by atoms with Crippen molar-refractivity contribution in [3.05, 3.63) is 0 Å². The zero-order valence-electron chi connectivity index (χ0n) is 5.14. The van der Waals surface area contributed by atoms with Crippen molar-refractivity contribution in [1.29, 1.82) is 0 Å². The van der Waals surface area contributed by atoms with Crippen LogP contribution in [0.5, 0.6) is 0 Å². The van der Waals surface area contributed by atoms with Gasteiger partial charge in [-0.25, -0.2) is 0 Å². The Morgan fingerprint density at radius 3 is 1.25 bits per heavy atom. The van der Waals surface area contributed by atoms with Crippen LogP contribution in [0.15, 0.2) is 0 Å². The summed E-state index contributed by atoms with van der Waals surface area (Å²) in [5.41, 5.74) is 16.6. The zero-order valence-corrected chi connectivity index (χ0v) is 5.14. The zero-order chi connectivity index (χ0) is 6.24. The summed E-state index contributed by atoms with van der Waals surface area (Å²) in [7, 11) is 0. The lowest BCUT2D eigenvalue weighted by molar-refractivity contribution is 0.645. The van der Waals surface area contributed by atoms with Crippen molar-refractivity contribution in [2.75, 3.05) is 13.1 Å². The molecule has 0 aromatic heterocycles. The van der Waals surface area contributed by atoms with E-state index in [1.165, 1.54) is 0 Å². The Hall–Kier alpha value is -0.0800. The lowest BCUT2D eigenvalue weighted by Crippen LogP contribution is -1.88. The van der Waals surface area contributed by atoms with Gasteiger partial charge in [-0.1, -0.05) is 12.8 Å². The Bertz CT molecular complexity index is 31.5. The van der Waals surface area contributed by atoms with Crippen molar-refractivity contribution in [3.63, 3.8) is 0 Å². The molecule has 0 aromatic rings. The van der Waals surface area contributed by atoms with Crippen LogP contribution in [0, 0.1) is 0 Å². The van der Waals surface area contributed by atoms with E-state index >= 15 is 0 Å². The molecule has 0 amide bonds. The lowest BCUT2D eigenvalue weighted by Gasteiger charge is -1.92. The highest BCUT2D eigenvalue weighted by atomic mass is 14.5. The molecule has 0 aliphatic rings. The highest BCUT2D eigenvalue weighted by molar-refractivity contribution is 4.42. The minimum atomic E-state index is 0.283. The second-order valence-corrected chi connectivity index (χ2v) is 1.86. The highest BCUT2D eigenvalue weighted by Gasteiger charge is 1.85. The second-order valence-electron chi connectivity index (χ2n) is 1.86. The van der Waals surface area contributed by atoms with Gasteiger partial charge in [-0.15, -0.1) is 11.5 Å². The second kappa shape index (κ2) is 6.92. The van der Waals surface area contributed by atoms with Gasteiger partial charge in [-0.05, 0) is 12.8 Å². The third kappa shape index (κ3) is 5.92. The Morgan fingerprint density at radius 1 is 0.625 bits per heavy atom. The number of rotatable bonds is 5. The molecule has 46 valence electrons. The van der Waals surface area contributed by atoms with E-state index in [-0.39, 0.29) is 13.1 Å². The van der Waals surface area contributed by atoms with Gasteiger partial charge in [-0.3, -0.25) is 0 Å². The third-order valence-corrected chi connectivity index (χ3v) is 1.07. The summed E-state index contributed by atoms with van der Waals surface area (Å²) in [6.07, 6.45) is 3.83. The van der Waals surface area contributed by atoms with E-state index in [1.54, 1.807) is 0 Å². The van der Waals surface area contributed by atoms with Gasteiger partial charge in [0.1, 0.15) is 0 Å². The molecule has 2 heteroatoms. The van der Waals surface area contributed by atoms with Crippen molar-refractivity contribution in [2.45, 2.75) is 25.7 Å². The van der Waals surface area contributed by atoms with E-state index < -0.39 is 0 Å². The molecule has 0 saturated carbocycles. The van der Waals surface area contributed by atoms with Crippen LogP contribution in [0.3, 0.4) is 0 Å². The van der Waals surface area contributed by atoms with Gasteiger partial charge in [0.2, 0.25) is 0 Å². The fourth-order valence-electron chi connectivity index (χ4n) is 0.577. The Labute approximate surface area is 51.2 Å². The first-order chi connectivity index (χ1) is 3.91. The van der Waals surface area contributed by atoms with E-state index in [2.05, 4.69) is 0 Å². The van der Waals surface area contributed by atoms with Crippen LogP contribution < -0.4 is 11.5 Å². The van der Waals surface area contributed by atoms with Gasteiger partial charge in [0.15, 0.2) is 0 Å². The predicted octanol–water partition coefficient (Wildman–Crippen LogP) is 0.684. The third-order valence-electron chi connectivity index (χ3n) is 1.07. The number of nitrogens with zero attached hydrogens (tertiary/aromatic N) is 2. The molecule has 0 saturated heterocycles. The van der Waals surface area contributed by atoms with Crippen molar-refractivity contribution in [3.8, 4) is 0 Å².